The number of nitrogens with zero attached hydrogens (tertiary/aromatic N) is 1. The fourth-order valence-corrected chi connectivity index (χ4v) is 2.33. The van der Waals surface area contributed by atoms with Crippen LogP contribution in [-0.2, 0) is 6.54 Å². The van der Waals surface area contributed by atoms with Crippen LogP contribution in [0.15, 0.2) is 48.5 Å². The van der Waals surface area contributed by atoms with Gasteiger partial charge in [0.15, 0.2) is 0 Å². The van der Waals surface area contributed by atoms with Crippen LogP contribution in [0.25, 0.3) is 0 Å². The summed E-state index contributed by atoms with van der Waals surface area (Å²) in [4.78, 5) is 10.4. The van der Waals surface area contributed by atoms with E-state index < -0.39 is 4.92 Å². The second-order valence-corrected chi connectivity index (χ2v) is 5.39. The molecule has 5 heteroatoms. The van der Waals surface area contributed by atoms with Crippen LogP contribution in [0.4, 0.5) is 5.69 Å². The lowest BCUT2D eigenvalue weighted by molar-refractivity contribution is -0.384. The second kappa shape index (κ2) is 7.20. The van der Waals surface area contributed by atoms with Gasteiger partial charge in [-0.05, 0) is 23.1 Å². The number of halogens is 1. The van der Waals surface area contributed by atoms with Gasteiger partial charge in [0.25, 0.3) is 5.69 Å². The van der Waals surface area contributed by atoms with E-state index in [1.165, 1.54) is 11.6 Å². The van der Waals surface area contributed by atoms with Crippen molar-refractivity contribution in [2.75, 3.05) is 6.54 Å². The Balaban J connectivity index is 1.92. The summed E-state index contributed by atoms with van der Waals surface area (Å²) in [6.45, 7) is 3.53. The summed E-state index contributed by atoms with van der Waals surface area (Å²) in [7, 11) is 0. The summed E-state index contributed by atoms with van der Waals surface area (Å²) in [5.74, 6) is 0.383. The van der Waals surface area contributed by atoms with E-state index in [1.54, 1.807) is 12.1 Å². The fourth-order valence-electron chi connectivity index (χ4n) is 2.14. The molecule has 0 heterocycles. The highest BCUT2D eigenvalue weighted by Gasteiger charge is 2.12. The molecule has 110 valence electrons. The van der Waals surface area contributed by atoms with E-state index in [-0.39, 0.29) is 10.7 Å². The molecule has 0 radical (unpaired) electrons. The lowest BCUT2D eigenvalue weighted by Crippen LogP contribution is -2.19. The average Bonchev–Trinajstić information content (AvgIpc) is 2.49. The zero-order valence-corrected chi connectivity index (χ0v) is 12.5. The maximum atomic E-state index is 10.8. The van der Waals surface area contributed by atoms with Crippen molar-refractivity contribution in [1.82, 2.24) is 5.32 Å². The zero-order chi connectivity index (χ0) is 15.2. The molecule has 0 aliphatic rings. The third-order valence-electron chi connectivity index (χ3n) is 3.36. The minimum Gasteiger partial charge on any atom is -0.312 e. The minimum atomic E-state index is -0.460. The Morgan fingerprint density at radius 3 is 2.62 bits per heavy atom. The SMILES string of the molecule is CC(CNCc1ccc(Cl)c([N+](=O)[O-])c1)c1ccccc1. The predicted molar refractivity (Wildman–Crippen MR) is 84.7 cm³/mol. The lowest BCUT2D eigenvalue weighted by atomic mass is 10.0. The van der Waals surface area contributed by atoms with E-state index in [1.807, 2.05) is 18.2 Å². The molecule has 0 aliphatic carbocycles. The summed E-state index contributed by atoms with van der Waals surface area (Å²) in [5, 5.41) is 14.3. The van der Waals surface area contributed by atoms with Gasteiger partial charge in [0, 0.05) is 19.2 Å². The van der Waals surface area contributed by atoms with Crippen LogP contribution in [0.1, 0.15) is 24.0 Å². The maximum absolute atomic E-state index is 10.8. The molecule has 1 N–H and O–H groups in total. The van der Waals surface area contributed by atoms with Crippen molar-refractivity contribution in [2.45, 2.75) is 19.4 Å². The van der Waals surface area contributed by atoms with E-state index in [0.29, 0.717) is 12.5 Å². The van der Waals surface area contributed by atoms with Crippen molar-refractivity contribution < 1.29 is 4.92 Å². The fraction of sp³-hybridized carbons (Fsp3) is 0.250. The average molecular weight is 305 g/mol. The Morgan fingerprint density at radius 1 is 1.24 bits per heavy atom. The third-order valence-corrected chi connectivity index (χ3v) is 3.68. The van der Waals surface area contributed by atoms with Gasteiger partial charge in [-0.15, -0.1) is 0 Å². The summed E-state index contributed by atoms with van der Waals surface area (Å²) in [5.41, 5.74) is 2.07. The predicted octanol–water partition coefficient (Wildman–Crippen LogP) is 4.14. The van der Waals surface area contributed by atoms with Crippen LogP contribution >= 0.6 is 11.6 Å². The quantitative estimate of drug-likeness (QED) is 0.644. The minimum absolute atomic E-state index is 0.0490. The van der Waals surface area contributed by atoms with Crippen LogP contribution in [0.5, 0.6) is 0 Å². The number of benzene rings is 2. The first kappa shape index (κ1) is 15.5. The van der Waals surface area contributed by atoms with E-state index in [0.717, 1.165) is 12.1 Å². The first-order valence-electron chi connectivity index (χ1n) is 6.76. The Labute approximate surface area is 128 Å². The zero-order valence-electron chi connectivity index (χ0n) is 11.8. The monoisotopic (exact) mass is 304 g/mol. The topological polar surface area (TPSA) is 55.2 Å². The number of hydrogen-bond donors (Lipinski definition) is 1. The highest BCUT2D eigenvalue weighted by atomic mass is 35.5. The Bertz CT molecular complexity index is 617. The molecule has 0 spiro atoms. The van der Waals surface area contributed by atoms with Crippen LogP contribution < -0.4 is 5.32 Å². The molecule has 0 saturated heterocycles. The third kappa shape index (κ3) is 4.28. The molecule has 21 heavy (non-hydrogen) atoms. The number of hydrogen-bond acceptors (Lipinski definition) is 3. The molecule has 0 aromatic heterocycles. The molecular weight excluding hydrogens is 288 g/mol. The molecule has 1 atom stereocenters. The first-order chi connectivity index (χ1) is 10.1. The van der Waals surface area contributed by atoms with Crippen molar-refractivity contribution in [3.8, 4) is 0 Å². The van der Waals surface area contributed by atoms with Crippen molar-refractivity contribution >= 4 is 17.3 Å². The van der Waals surface area contributed by atoms with Crippen molar-refractivity contribution in [2.24, 2.45) is 0 Å². The van der Waals surface area contributed by atoms with Crippen molar-refractivity contribution in [1.29, 1.82) is 0 Å². The number of nitro benzene ring substituents is 1. The highest BCUT2D eigenvalue weighted by Crippen LogP contribution is 2.25. The summed E-state index contributed by atoms with van der Waals surface area (Å²) >= 11 is 5.79. The Morgan fingerprint density at radius 2 is 1.95 bits per heavy atom. The molecular formula is C16H17ClN2O2. The normalized spacial score (nSPS) is 12.1. The molecule has 0 fully saturated rings. The van der Waals surface area contributed by atoms with Crippen LogP contribution in [0, 0.1) is 10.1 Å². The summed E-state index contributed by atoms with van der Waals surface area (Å²) < 4.78 is 0. The van der Waals surface area contributed by atoms with Gasteiger partial charge in [0.05, 0.1) is 4.92 Å². The standard InChI is InChI=1S/C16H17ClN2O2/c1-12(14-5-3-2-4-6-14)10-18-11-13-7-8-15(17)16(9-13)19(20)21/h2-9,12,18H,10-11H2,1H3. The molecule has 0 aliphatic heterocycles. The van der Waals surface area contributed by atoms with Crippen LogP contribution in [0.3, 0.4) is 0 Å². The van der Waals surface area contributed by atoms with E-state index in [4.69, 9.17) is 11.6 Å². The van der Waals surface area contributed by atoms with Crippen LogP contribution in [-0.4, -0.2) is 11.5 Å². The van der Waals surface area contributed by atoms with Gasteiger partial charge in [0.2, 0.25) is 0 Å². The first-order valence-corrected chi connectivity index (χ1v) is 7.14. The Hall–Kier alpha value is -1.91. The number of nitro groups is 1. The van der Waals surface area contributed by atoms with Gasteiger partial charge in [-0.3, -0.25) is 10.1 Å². The highest BCUT2D eigenvalue weighted by molar-refractivity contribution is 6.32. The molecule has 0 bridgehead atoms. The van der Waals surface area contributed by atoms with Gasteiger partial charge in [0.1, 0.15) is 5.02 Å². The van der Waals surface area contributed by atoms with Crippen LogP contribution in [0.2, 0.25) is 5.02 Å². The van der Waals surface area contributed by atoms with Gasteiger partial charge in [-0.2, -0.15) is 0 Å². The largest absolute Gasteiger partial charge is 0.312 e. The molecule has 0 amide bonds. The number of rotatable bonds is 6. The van der Waals surface area contributed by atoms with Crippen molar-refractivity contribution in [3.05, 3.63) is 74.8 Å². The summed E-state index contributed by atoms with van der Waals surface area (Å²) in [6.07, 6.45) is 0. The maximum Gasteiger partial charge on any atom is 0.288 e. The Kier molecular flexibility index (Phi) is 5.31. The smallest absolute Gasteiger partial charge is 0.288 e. The molecule has 2 rings (SSSR count). The molecule has 2 aromatic rings. The summed E-state index contributed by atoms with van der Waals surface area (Å²) in [6, 6.07) is 15.1. The second-order valence-electron chi connectivity index (χ2n) is 4.99. The van der Waals surface area contributed by atoms with Gasteiger partial charge >= 0.3 is 0 Å². The van der Waals surface area contributed by atoms with E-state index in [9.17, 15) is 10.1 Å². The molecule has 1 unspecified atom stereocenters. The molecule has 2 aromatic carbocycles. The van der Waals surface area contributed by atoms with E-state index >= 15 is 0 Å². The number of nitrogens with one attached hydrogen (secondary N) is 1. The lowest BCUT2D eigenvalue weighted by Gasteiger charge is -2.13. The molecule has 0 saturated carbocycles. The van der Waals surface area contributed by atoms with Gasteiger partial charge in [-0.1, -0.05) is 54.9 Å². The van der Waals surface area contributed by atoms with Crippen molar-refractivity contribution in [3.63, 3.8) is 0 Å². The van der Waals surface area contributed by atoms with Gasteiger partial charge < -0.3 is 5.32 Å². The van der Waals surface area contributed by atoms with Gasteiger partial charge in [-0.25, -0.2) is 0 Å². The molecule has 4 nitrogen and oxygen atoms in total. The van der Waals surface area contributed by atoms with E-state index in [2.05, 4.69) is 24.4 Å².